The second-order valence-corrected chi connectivity index (χ2v) is 8.23. The van der Waals surface area contributed by atoms with Crippen LogP contribution in [0.2, 0.25) is 0 Å². The van der Waals surface area contributed by atoms with Crippen molar-refractivity contribution in [2.75, 3.05) is 19.5 Å². The van der Waals surface area contributed by atoms with Gasteiger partial charge in [0, 0.05) is 57.6 Å². The van der Waals surface area contributed by atoms with Crippen LogP contribution in [0.15, 0.2) is 30.9 Å². The first kappa shape index (κ1) is 21.1. The summed E-state index contributed by atoms with van der Waals surface area (Å²) in [7, 11) is 6.81. The van der Waals surface area contributed by atoms with Crippen LogP contribution < -0.4 is 5.32 Å². The number of imidazole rings is 1. The first-order valence-electron chi connectivity index (χ1n) is 10.8. The monoisotopic (exact) mass is 450 g/mol. The lowest BCUT2D eigenvalue weighted by molar-refractivity contribution is 0.0604. The van der Waals surface area contributed by atoms with Crippen molar-refractivity contribution in [3.63, 3.8) is 0 Å². The summed E-state index contributed by atoms with van der Waals surface area (Å²) < 4.78 is 15.9. The average Bonchev–Trinajstić information content (AvgIpc) is 3.59. The molecule has 0 saturated heterocycles. The van der Waals surface area contributed by atoms with Crippen molar-refractivity contribution in [2.45, 2.75) is 31.4 Å². The van der Waals surface area contributed by atoms with Crippen LogP contribution >= 0.6 is 0 Å². The molecule has 33 heavy (non-hydrogen) atoms. The standard InChI is InChI=1S/C22H26N8O3/c1-28-10-8-23-21(28)20-25-19(24-13-5-6-14(11-13)32-3)18-17(22(31)33-4)15(12-30(18)27-20)16-7-9-29(2)26-16/h7-10,12-14H,5-6,11H2,1-4H3,(H,24,25,27)/t13-,14-/m0/s1. The molecule has 4 aromatic heterocycles. The lowest BCUT2D eigenvalue weighted by atomic mass is 10.1. The minimum absolute atomic E-state index is 0.154. The molecule has 11 heteroatoms. The number of aryl methyl sites for hydroxylation is 2. The SMILES string of the molecule is COC(=O)c1c(-c2ccn(C)n2)cn2nc(-c3nccn3C)nc(N[C@H]3CC[C@H](OC)C3)c12. The zero-order valence-electron chi connectivity index (χ0n) is 19.0. The molecule has 0 unspecified atom stereocenters. The quantitative estimate of drug-likeness (QED) is 0.445. The van der Waals surface area contributed by atoms with E-state index in [1.165, 1.54) is 7.11 Å². The van der Waals surface area contributed by atoms with Crippen molar-refractivity contribution in [3.05, 3.63) is 36.4 Å². The van der Waals surface area contributed by atoms with Crippen LogP contribution in [0.4, 0.5) is 5.82 Å². The van der Waals surface area contributed by atoms with Gasteiger partial charge in [-0.05, 0) is 25.3 Å². The van der Waals surface area contributed by atoms with E-state index in [1.54, 1.807) is 28.7 Å². The number of carbonyl (C=O) groups is 1. The number of fused-ring (bicyclic) bond motifs is 1. The van der Waals surface area contributed by atoms with E-state index in [0.29, 0.717) is 39.8 Å². The fourth-order valence-electron chi connectivity index (χ4n) is 4.40. The van der Waals surface area contributed by atoms with Crippen LogP contribution in [0, 0.1) is 0 Å². The smallest absolute Gasteiger partial charge is 0.340 e. The molecule has 1 aliphatic carbocycles. The highest BCUT2D eigenvalue weighted by molar-refractivity contribution is 6.06. The van der Waals surface area contributed by atoms with Crippen molar-refractivity contribution in [1.29, 1.82) is 0 Å². The number of nitrogens with zero attached hydrogens (tertiary/aromatic N) is 7. The molecule has 0 aliphatic heterocycles. The number of carbonyl (C=O) groups excluding carboxylic acids is 1. The highest BCUT2D eigenvalue weighted by Crippen LogP contribution is 2.34. The predicted molar refractivity (Wildman–Crippen MR) is 121 cm³/mol. The van der Waals surface area contributed by atoms with Crippen LogP contribution in [0.1, 0.15) is 29.6 Å². The molecular weight excluding hydrogens is 424 g/mol. The Balaban J connectivity index is 1.72. The van der Waals surface area contributed by atoms with Crippen molar-refractivity contribution in [1.82, 2.24) is 33.9 Å². The molecule has 1 saturated carbocycles. The number of hydrogen-bond donors (Lipinski definition) is 1. The Labute approximate surface area is 190 Å². The Bertz CT molecular complexity index is 1320. The Morgan fingerprint density at radius 1 is 1.18 bits per heavy atom. The Kier molecular flexibility index (Phi) is 5.33. The summed E-state index contributed by atoms with van der Waals surface area (Å²) in [6, 6.07) is 2.00. The Hall–Kier alpha value is -3.73. The van der Waals surface area contributed by atoms with Gasteiger partial charge < -0.3 is 19.4 Å². The Morgan fingerprint density at radius 3 is 2.67 bits per heavy atom. The first-order chi connectivity index (χ1) is 16.0. The normalized spacial score (nSPS) is 18.2. The molecule has 0 bridgehead atoms. The maximum atomic E-state index is 13.0. The van der Waals surface area contributed by atoms with Gasteiger partial charge in [-0.25, -0.2) is 19.3 Å². The molecule has 1 fully saturated rings. The van der Waals surface area contributed by atoms with E-state index in [9.17, 15) is 4.79 Å². The van der Waals surface area contributed by atoms with Crippen LogP contribution in [-0.2, 0) is 23.6 Å². The number of nitrogens with one attached hydrogen (secondary N) is 1. The molecule has 1 N–H and O–H groups in total. The van der Waals surface area contributed by atoms with E-state index in [0.717, 1.165) is 19.3 Å². The number of ether oxygens (including phenoxy) is 2. The molecule has 0 radical (unpaired) electrons. The number of rotatable bonds is 6. The van der Waals surface area contributed by atoms with Gasteiger partial charge in [-0.2, -0.15) is 5.10 Å². The third kappa shape index (κ3) is 3.74. The summed E-state index contributed by atoms with van der Waals surface area (Å²) in [5.74, 6) is 1.13. The van der Waals surface area contributed by atoms with Crippen molar-refractivity contribution >= 4 is 17.3 Å². The van der Waals surface area contributed by atoms with Crippen molar-refractivity contribution in [2.24, 2.45) is 14.1 Å². The summed E-state index contributed by atoms with van der Waals surface area (Å²) in [6.07, 6.45) is 10.1. The third-order valence-electron chi connectivity index (χ3n) is 6.09. The molecule has 0 aromatic carbocycles. The van der Waals surface area contributed by atoms with Crippen LogP contribution in [-0.4, -0.2) is 66.3 Å². The largest absolute Gasteiger partial charge is 0.465 e. The predicted octanol–water partition coefficient (Wildman–Crippen LogP) is 2.30. The summed E-state index contributed by atoms with van der Waals surface area (Å²) in [5.41, 5.74) is 2.18. The first-order valence-corrected chi connectivity index (χ1v) is 10.8. The number of hydrogen-bond acceptors (Lipinski definition) is 8. The Morgan fingerprint density at radius 2 is 2.03 bits per heavy atom. The van der Waals surface area contributed by atoms with Gasteiger partial charge in [-0.3, -0.25) is 4.68 Å². The van der Waals surface area contributed by atoms with E-state index in [-0.39, 0.29) is 12.1 Å². The lowest BCUT2D eigenvalue weighted by Gasteiger charge is -2.16. The van der Waals surface area contributed by atoms with Crippen LogP contribution in [0.5, 0.6) is 0 Å². The van der Waals surface area contributed by atoms with Gasteiger partial charge in [0.15, 0.2) is 11.6 Å². The summed E-state index contributed by atoms with van der Waals surface area (Å²) in [6.45, 7) is 0. The van der Waals surface area contributed by atoms with E-state index in [1.807, 2.05) is 37.1 Å². The van der Waals surface area contributed by atoms with E-state index >= 15 is 0 Å². The van der Waals surface area contributed by atoms with E-state index in [2.05, 4.69) is 15.4 Å². The van der Waals surface area contributed by atoms with Gasteiger partial charge >= 0.3 is 5.97 Å². The molecule has 1 aliphatic rings. The second kappa shape index (κ2) is 8.32. The molecule has 2 atom stereocenters. The minimum atomic E-state index is -0.476. The van der Waals surface area contributed by atoms with Crippen LogP contribution in [0.3, 0.4) is 0 Å². The zero-order chi connectivity index (χ0) is 23.1. The third-order valence-corrected chi connectivity index (χ3v) is 6.09. The number of anilines is 1. The van der Waals surface area contributed by atoms with Gasteiger partial charge in [0.05, 0.1) is 18.9 Å². The van der Waals surface area contributed by atoms with Gasteiger partial charge in [-0.1, -0.05) is 0 Å². The molecule has 11 nitrogen and oxygen atoms in total. The molecule has 4 aromatic rings. The maximum Gasteiger partial charge on any atom is 0.340 e. The summed E-state index contributed by atoms with van der Waals surface area (Å²) in [5, 5.41) is 12.7. The molecule has 0 spiro atoms. The number of esters is 1. The van der Waals surface area contributed by atoms with Gasteiger partial charge in [-0.15, -0.1) is 5.10 Å². The van der Waals surface area contributed by atoms with Gasteiger partial charge in [0.25, 0.3) is 0 Å². The lowest BCUT2D eigenvalue weighted by Crippen LogP contribution is -2.20. The summed E-state index contributed by atoms with van der Waals surface area (Å²) >= 11 is 0. The number of methoxy groups -OCH3 is 2. The van der Waals surface area contributed by atoms with Crippen molar-refractivity contribution in [3.8, 4) is 22.9 Å². The molecule has 172 valence electrons. The maximum absolute atomic E-state index is 13.0. The summed E-state index contributed by atoms with van der Waals surface area (Å²) in [4.78, 5) is 22.2. The highest BCUT2D eigenvalue weighted by atomic mass is 16.5. The number of aromatic nitrogens is 7. The fraction of sp³-hybridized carbons (Fsp3) is 0.409. The molecule has 5 rings (SSSR count). The van der Waals surface area contributed by atoms with E-state index < -0.39 is 5.97 Å². The molecule has 4 heterocycles. The average molecular weight is 451 g/mol. The van der Waals surface area contributed by atoms with E-state index in [4.69, 9.17) is 19.6 Å². The molecular formula is C22H26N8O3. The van der Waals surface area contributed by atoms with Crippen LogP contribution in [0.25, 0.3) is 28.4 Å². The molecule has 0 amide bonds. The van der Waals surface area contributed by atoms with Gasteiger partial charge in [0.2, 0.25) is 5.82 Å². The fourth-order valence-corrected chi connectivity index (χ4v) is 4.40. The highest BCUT2D eigenvalue weighted by Gasteiger charge is 2.29. The van der Waals surface area contributed by atoms with Gasteiger partial charge in [0.1, 0.15) is 11.1 Å². The topological polar surface area (TPSA) is 113 Å². The zero-order valence-corrected chi connectivity index (χ0v) is 19.0. The minimum Gasteiger partial charge on any atom is -0.465 e. The van der Waals surface area contributed by atoms with Crippen molar-refractivity contribution < 1.29 is 14.3 Å². The second-order valence-electron chi connectivity index (χ2n) is 8.23.